The van der Waals surface area contributed by atoms with Crippen LogP contribution in [0, 0.1) is 5.92 Å². The van der Waals surface area contributed by atoms with Crippen LogP contribution in [0.15, 0.2) is 36.4 Å². The summed E-state index contributed by atoms with van der Waals surface area (Å²) in [6, 6.07) is 11.9. The highest BCUT2D eigenvalue weighted by molar-refractivity contribution is 5.92. The van der Waals surface area contributed by atoms with E-state index in [1.807, 2.05) is 41.1 Å². The van der Waals surface area contributed by atoms with E-state index in [-0.39, 0.29) is 11.8 Å². The normalized spacial score (nSPS) is 21.0. The molecule has 0 spiro atoms. The predicted molar refractivity (Wildman–Crippen MR) is 83.1 cm³/mol. The minimum atomic E-state index is -0.0523. The van der Waals surface area contributed by atoms with E-state index in [1.54, 1.807) is 0 Å². The lowest BCUT2D eigenvalue weighted by Crippen LogP contribution is -2.24. The fourth-order valence-corrected chi connectivity index (χ4v) is 2.80. The molecule has 1 aliphatic carbocycles. The number of para-hydroxylation sites is 1. The highest BCUT2D eigenvalue weighted by Crippen LogP contribution is 2.40. The summed E-state index contributed by atoms with van der Waals surface area (Å²) in [5.74, 6) is 1.28. The first-order valence-electron chi connectivity index (χ1n) is 7.85. The van der Waals surface area contributed by atoms with Crippen LogP contribution in [0.5, 0.6) is 0 Å². The molecule has 0 radical (unpaired) electrons. The SMILES string of the molecule is O=C(Nc1cc(C2CC2)nn1-c1ccccc1)C1CCOC1. The summed E-state index contributed by atoms with van der Waals surface area (Å²) in [5, 5.41) is 7.73. The van der Waals surface area contributed by atoms with Gasteiger partial charge in [0.05, 0.1) is 23.9 Å². The van der Waals surface area contributed by atoms with Crippen molar-refractivity contribution in [2.24, 2.45) is 5.92 Å². The first-order valence-corrected chi connectivity index (χ1v) is 7.85. The number of anilines is 1. The lowest BCUT2D eigenvalue weighted by molar-refractivity contribution is -0.119. The zero-order valence-corrected chi connectivity index (χ0v) is 12.4. The van der Waals surface area contributed by atoms with Crippen LogP contribution in [-0.2, 0) is 9.53 Å². The van der Waals surface area contributed by atoms with E-state index in [2.05, 4.69) is 5.32 Å². The van der Waals surface area contributed by atoms with Gasteiger partial charge in [0.2, 0.25) is 5.91 Å². The van der Waals surface area contributed by atoms with E-state index in [4.69, 9.17) is 9.84 Å². The van der Waals surface area contributed by atoms with E-state index in [9.17, 15) is 4.79 Å². The first-order chi connectivity index (χ1) is 10.8. The third kappa shape index (κ3) is 2.64. The lowest BCUT2D eigenvalue weighted by Gasteiger charge is -2.11. The van der Waals surface area contributed by atoms with E-state index in [0.717, 1.165) is 23.6 Å². The number of nitrogens with zero attached hydrogens (tertiary/aromatic N) is 2. The molecule has 5 heteroatoms. The molecule has 2 heterocycles. The number of rotatable bonds is 4. The van der Waals surface area contributed by atoms with Gasteiger partial charge in [-0.1, -0.05) is 18.2 Å². The Bertz CT molecular complexity index is 670. The van der Waals surface area contributed by atoms with Crippen molar-refractivity contribution in [3.05, 3.63) is 42.1 Å². The zero-order valence-electron chi connectivity index (χ0n) is 12.4. The van der Waals surface area contributed by atoms with Gasteiger partial charge in [0, 0.05) is 18.6 Å². The molecule has 1 aromatic heterocycles. The number of hydrogen-bond acceptors (Lipinski definition) is 3. The number of hydrogen-bond donors (Lipinski definition) is 1. The smallest absolute Gasteiger partial charge is 0.231 e. The highest BCUT2D eigenvalue weighted by Gasteiger charge is 2.29. The van der Waals surface area contributed by atoms with Gasteiger partial charge in [-0.3, -0.25) is 4.79 Å². The van der Waals surface area contributed by atoms with Gasteiger partial charge in [-0.2, -0.15) is 5.10 Å². The molecule has 2 aromatic rings. The van der Waals surface area contributed by atoms with Gasteiger partial charge in [-0.15, -0.1) is 0 Å². The molecule has 0 bridgehead atoms. The molecule has 1 aromatic carbocycles. The quantitative estimate of drug-likeness (QED) is 0.944. The minimum Gasteiger partial charge on any atom is -0.381 e. The summed E-state index contributed by atoms with van der Waals surface area (Å²) in [4.78, 5) is 12.4. The Hall–Kier alpha value is -2.14. The molecule has 2 fully saturated rings. The van der Waals surface area contributed by atoms with Crippen molar-refractivity contribution < 1.29 is 9.53 Å². The largest absolute Gasteiger partial charge is 0.381 e. The fourth-order valence-electron chi connectivity index (χ4n) is 2.80. The van der Waals surface area contributed by atoms with Gasteiger partial charge in [0.25, 0.3) is 0 Å². The van der Waals surface area contributed by atoms with E-state index >= 15 is 0 Å². The van der Waals surface area contributed by atoms with Crippen LogP contribution in [0.2, 0.25) is 0 Å². The van der Waals surface area contributed by atoms with Crippen LogP contribution in [0.4, 0.5) is 5.82 Å². The van der Waals surface area contributed by atoms with Crippen LogP contribution in [-0.4, -0.2) is 28.9 Å². The molecule has 5 nitrogen and oxygen atoms in total. The molecule has 1 aliphatic heterocycles. The van der Waals surface area contributed by atoms with E-state index < -0.39 is 0 Å². The van der Waals surface area contributed by atoms with E-state index in [0.29, 0.717) is 19.1 Å². The molecule has 1 atom stereocenters. The molecule has 2 aliphatic rings. The monoisotopic (exact) mass is 297 g/mol. The molecule has 114 valence electrons. The van der Waals surface area contributed by atoms with Crippen molar-refractivity contribution in [1.82, 2.24) is 9.78 Å². The Kier molecular flexibility index (Phi) is 3.42. The standard InChI is InChI=1S/C17H19N3O2/c21-17(13-8-9-22-11-13)18-16-10-15(12-6-7-12)19-20(16)14-4-2-1-3-5-14/h1-5,10,12-13H,6-9,11H2,(H,18,21). The predicted octanol–water partition coefficient (Wildman–Crippen LogP) is 2.72. The summed E-state index contributed by atoms with van der Waals surface area (Å²) in [7, 11) is 0. The summed E-state index contributed by atoms with van der Waals surface area (Å²) in [5.41, 5.74) is 2.04. The maximum Gasteiger partial charge on any atom is 0.231 e. The Labute approximate surface area is 129 Å². The molecule has 1 amide bonds. The highest BCUT2D eigenvalue weighted by atomic mass is 16.5. The van der Waals surface area contributed by atoms with E-state index in [1.165, 1.54) is 12.8 Å². The lowest BCUT2D eigenvalue weighted by atomic mass is 10.1. The molecule has 1 N–H and O–H groups in total. The van der Waals surface area contributed by atoms with Crippen LogP contribution in [0.1, 0.15) is 30.9 Å². The topological polar surface area (TPSA) is 56.2 Å². The van der Waals surface area contributed by atoms with Crippen molar-refractivity contribution in [2.45, 2.75) is 25.2 Å². The zero-order chi connectivity index (χ0) is 14.9. The van der Waals surface area contributed by atoms with Crippen LogP contribution < -0.4 is 5.32 Å². The van der Waals surface area contributed by atoms with Crippen LogP contribution in [0.25, 0.3) is 5.69 Å². The first kappa shape index (κ1) is 13.5. The van der Waals surface area contributed by atoms with Crippen LogP contribution in [0.3, 0.4) is 0 Å². The van der Waals surface area contributed by atoms with Crippen molar-refractivity contribution in [3.8, 4) is 5.69 Å². The number of aromatic nitrogens is 2. The molecule has 1 unspecified atom stereocenters. The second-order valence-corrected chi connectivity index (χ2v) is 6.03. The third-order valence-electron chi connectivity index (χ3n) is 4.28. The Balaban J connectivity index is 1.63. The molecular formula is C17H19N3O2. The van der Waals surface area contributed by atoms with Gasteiger partial charge in [-0.25, -0.2) is 4.68 Å². The molecule has 1 saturated heterocycles. The van der Waals surface area contributed by atoms with Crippen molar-refractivity contribution in [2.75, 3.05) is 18.5 Å². The molecule has 22 heavy (non-hydrogen) atoms. The summed E-state index contributed by atoms with van der Waals surface area (Å²) >= 11 is 0. The Morgan fingerprint density at radius 1 is 1.23 bits per heavy atom. The summed E-state index contributed by atoms with van der Waals surface area (Å²) < 4.78 is 7.14. The van der Waals surface area contributed by atoms with Crippen molar-refractivity contribution >= 4 is 11.7 Å². The second kappa shape index (κ2) is 5.57. The second-order valence-electron chi connectivity index (χ2n) is 6.03. The maximum atomic E-state index is 12.4. The molecule has 1 saturated carbocycles. The summed E-state index contributed by atoms with van der Waals surface area (Å²) in [6.45, 7) is 1.18. The number of ether oxygens (including phenoxy) is 1. The third-order valence-corrected chi connectivity index (χ3v) is 4.28. The Morgan fingerprint density at radius 2 is 2.05 bits per heavy atom. The Morgan fingerprint density at radius 3 is 2.73 bits per heavy atom. The molecule has 4 rings (SSSR count). The van der Waals surface area contributed by atoms with Crippen molar-refractivity contribution in [1.29, 1.82) is 0 Å². The van der Waals surface area contributed by atoms with Gasteiger partial charge < -0.3 is 10.1 Å². The number of carbonyl (C=O) groups excluding carboxylic acids is 1. The fraction of sp³-hybridized carbons (Fsp3) is 0.412. The average Bonchev–Trinajstić information content (AvgIpc) is 3.09. The maximum absolute atomic E-state index is 12.4. The average molecular weight is 297 g/mol. The number of nitrogens with one attached hydrogen (secondary N) is 1. The van der Waals surface area contributed by atoms with Gasteiger partial charge >= 0.3 is 0 Å². The number of carbonyl (C=O) groups is 1. The van der Waals surface area contributed by atoms with Gasteiger partial charge in [0.1, 0.15) is 5.82 Å². The number of amides is 1. The van der Waals surface area contributed by atoms with Crippen molar-refractivity contribution in [3.63, 3.8) is 0 Å². The van der Waals surface area contributed by atoms with Gasteiger partial charge in [0.15, 0.2) is 0 Å². The minimum absolute atomic E-state index is 0.0249. The molecular weight excluding hydrogens is 278 g/mol. The van der Waals surface area contributed by atoms with Crippen LogP contribution >= 0.6 is 0 Å². The number of benzene rings is 1. The summed E-state index contributed by atoms with van der Waals surface area (Å²) in [6.07, 6.45) is 3.17. The van der Waals surface area contributed by atoms with Gasteiger partial charge in [-0.05, 0) is 31.4 Å².